The van der Waals surface area contributed by atoms with Crippen molar-refractivity contribution in [1.82, 2.24) is 0 Å². The number of aliphatic hydroxyl groups is 1. The first-order valence-corrected chi connectivity index (χ1v) is 6.55. The fourth-order valence-corrected chi connectivity index (χ4v) is 0.710. The van der Waals surface area contributed by atoms with Crippen molar-refractivity contribution in [3.05, 3.63) is 35.1 Å². The molecule has 1 N–H and O–H groups in total. The molecule has 0 aliphatic heterocycles. The molecular weight excluding hydrogens is 293 g/mol. The topological polar surface area (TPSA) is 46.7 Å². The minimum Gasteiger partial charge on any atom is -0.668 e. The first kappa shape index (κ1) is 19.2. The van der Waals surface area contributed by atoms with Crippen molar-refractivity contribution >= 4 is 0 Å². The normalized spacial score (nSPS) is 9.47. The van der Waals surface area contributed by atoms with E-state index < -0.39 is 0 Å². The van der Waals surface area contributed by atoms with E-state index in [1.54, 1.807) is 14.1 Å². The molecular formula is C13H24N2NbO-2. The largest absolute Gasteiger partial charge is 0.668 e. The van der Waals surface area contributed by atoms with Crippen molar-refractivity contribution in [3.8, 4) is 0 Å². The third-order valence-electron chi connectivity index (χ3n) is 1.43. The average molecular weight is 317 g/mol. The van der Waals surface area contributed by atoms with Gasteiger partial charge in [-0.1, -0.05) is 0 Å². The van der Waals surface area contributed by atoms with Crippen LogP contribution in [-0.2, 0) is 27.3 Å². The summed E-state index contributed by atoms with van der Waals surface area (Å²) in [5.41, 5.74) is 1.40. The van der Waals surface area contributed by atoms with E-state index >= 15 is 0 Å². The first-order chi connectivity index (χ1) is 7.91. The van der Waals surface area contributed by atoms with Crippen LogP contribution in [0.15, 0.2) is 27.6 Å². The summed E-state index contributed by atoms with van der Waals surface area (Å²) in [5.74, 6) is 0. The minimum absolute atomic E-state index is 0.189. The second-order valence-corrected chi connectivity index (χ2v) is 4.98. The molecule has 0 heterocycles. The minimum atomic E-state index is 0.189. The van der Waals surface area contributed by atoms with E-state index in [1.165, 1.54) is 26.5 Å². The summed E-state index contributed by atoms with van der Waals surface area (Å²) in [7, 11) is 3.50. The van der Waals surface area contributed by atoms with E-state index in [0.717, 1.165) is 6.42 Å². The maximum Gasteiger partial charge on any atom is 0.0451 e. The summed E-state index contributed by atoms with van der Waals surface area (Å²) in [6.45, 7) is 6.52. The molecule has 0 aromatic heterocycles. The van der Waals surface area contributed by atoms with Gasteiger partial charge >= 0.3 is 50.5 Å². The summed E-state index contributed by atoms with van der Waals surface area (Å²) < 4.78 is 4.07. The Hall–Kier alpha value is -0.190. The Morgan fingerprint density at radius 3 is 2.12 bits per heavy atom. The maximum atomic E-state index is 8.44. The van der Waals surface area contributed by atoms with Crippen LogP contribution in [0.2, 0.25) is 0 Å². The number of nitrogens with zero attached hydrogens (tertiary/aromatic N) is 2. The zero-order valence-corrected chi connectivity index (χ0v) is 13.7. The van der Waals surface area contributed by atoms with Gasteiger partial charge in [0, 0.05) is 6.61 Å². The molecule has 1 rings (SSSR count). The molecule has 0 amide bonds. The molecule has 99 valence electrons. The van der Waals surface area contributed by atoms with Gasteiger partial charge < -0.3 is 10.4 Å². The van der Waals surface area contributed by atoms with Crippen LogP contribution < -0.4 is 0 Å². The maximum absolute atomic E-state index is 8.44. The molecule has 0 atom stereocenters. The summed E-state index contributed by atoms with van der Waals surface area (Å²) in [6, 6.07) is 7.97. The molecule has 0 aliphatic rings. The molecule has 0 saturated heterocycles. The molecule has 3 nitrogen and oxygen atoms in total. The van der Waals surface area contributed by atoms with Crippen molar-refractivity contribution in [2.75, 3.05) is 20.7 Å². The Labute approximate surface area is 118 Å². The Balaban J connectivity index is 0. The van der Waals surface area contributed by atoms with E-state index in [2.05, 4.69) is 29.4 Å². The molecule has 0 fully saturated rings. The zero-order valence-electron chi connectivity index (χ0n) is 11.5. The van der Waals surface area contributed by atoms with Crippen LogP contribution in [0.1, 0.15) is 26.3 Å². The van der Waals surface area contributed by atoms with Crippen LogP contribution >= 0.6 is 0 Å². The van der Waals surface area contributed by atoms with Crippen molar-refractivity contribution < 1.29 is 26.0 Å². The standard InChI is InChI=1S/C7H9O.C4H9N.C2H6N.Nb/c8-6-5-7-3-1-2-4-7;1-4(2,3)5;1-3-2;/h1-4,8H,5-6H2;1-3H3;1-2H3;/q-1;;-1;. The Morgan fingerprint density at radius 2 is 1.88 bits per heavy atom. The van der Waals surface area contributed by atoms with Gasteiger partial charge in [-0.3, -0.25) is 0 Å². The number of aliphatic hydroxyl groups excluding tert-OH is 1. The third kappa shape index (κ3) is 18.4. The molecule has 0 bridgehead atoms. The second kappa shape index (κ2) is 12.3. The summed E-state index contributed by atoms with van der Waals surface area (Å²) in [6.07, 6.45) is 0.785. The molecule has 0 saturated carbocycles. The molecule has 0 aliphatic carbocycles. The van der Waals surface area contributed by atoms with Crippen molar-refractivity contribution in [2.45, 2.75) is 32.7 Å². The number of rotatable bonds is 2. The molecule has 17 heavy (non-hydrogen) atoms. The molecule has 0 radical (unpaired) electrons. The quantitative estimate of drug-likeness (QED) is 0.661. The van der Waals surface area contributed by atoms with E-state index in [0.29, 0.717) is 0 Å². The van der Waals surface area contributed by atoms with Crippen LogP contribution in [0.25, 0.3) is 5.32 Å². The monoisotopic (exact) mass is 317 g/mol. The summed E-state index contributed by atoms with van der Waals surface area (Å²) >= 11 is 1.52. The molecule has 4 heteroatoms. The smallest absolute Gasteiger partial charge is 0.0451 e. The van der Waals surface area contributed by atoms with Gasteiger partial charge in [-0.25, -0.2) is 12.1 Å². The van der Waals surface area contributed by atoms with Gasteiger partial charge in [0.15, 0.2) is 0 Å². The van der Waals surface area contributed by atoms with E-state index in [1.807, 2.05) is 24.3 Å². The van der Waals surface area contributed by atoms with Gasteiger partial charge in [-0.2, -0.15) is 31.8 Å². The van der Waals surface area contributed by atoms with E-state index in [4.69, 9.17) is 5.11 Å². The first-order valence-electron chi connectivity index (χ1n) is 5.57. The molecule has 0 spiro atoms. The van der Waals surface area contributed by atoms with E-state index in [9.17, 15) is 0 Å². The van der Waals surface area contributed by atoms with Crippen LogP contribution in [0.4, 0.5) is 0 Å². The predicted octanol–water partition coefficient (Wildman–Crippen LogP) is 3.08. The second-order valence-electron chi connectivity index (χ2n) is 4.48. The van der Waals surface area contributed by atoms with Gasteiger partial charge in [0.2, 0.25) is 0 Å². The van der Waals surface area contributed by atoms with Gasteiger partial charge in [0.25, 0.3) is 0 Å². The van der Waals surface area contributed by atoms with Crippen LogP contribution in [0, 0.1) is 0 Å². The van der Waals surface area contributed by atoms with Gasteiger partial charge in [0.1, 0.15) is 0 Å². The van der Waals surface area contributed by atoms with Crippen molar-refractivity contribution in [1.29, 1.82) is 0 Å². The Bertz CT molecular complexity index is 253. The van der Waals surface area contributed by atoms with Crippen molar-refractivity contribution in [3.63, 3.8) is 0 Å². The van der Waals surface area contributed by atoms with Gasteiger partial charge in [0.05, 0.1) is 0 Å². The average Bonchev–Trinajstić information content (AvgIpc) is 2.72. The molecule has 1 aromatic rings. The summed E-state index contributed by atoms with van der Waals surface area (Å²) in [4.78, 5) is 0. The summed E-state index contributed by atoms with van der Waals surface area (Å²) in [5, 5.41) is 11.9. The zero-order chi connectivity index (χ0) is 13.7. The number of hydrogen-bond donors (Lipinski definition) is 1. The SMILES string of the molecule is CC(C)(C)[N]=[Nb].C[N-]C.OCCc1ccc[cH-]1. The van der Waals surface area contributed by atoms with Crippen LogP contribution in [0.3, 0.4) is 0 Å². The third-order valence-corrected chi connectivity index (χ3v) is 2.91. The Morgan fingerprint density at radius 1 is 1.41 bits per heavy atom. The molecule has 1 aromatic carbocycles. The predicted molar refractivity (Wildman–Crippen MR) is 70.2 cm³/mol. The van der Waals surface area contributed by atoms with Crippen molar-refractivity contribution in [2.24, 2.45) is 3.34 Å². The van der Waals surface area contributed by atoms with Gasteiger partial charge in [-0.15, -0.1) is 0 Å². The van der Waals surface area contributed by atoms with Crippen LogP contribution in [-0.4, -0.2) is 31.3 Å². The van der Waals surface area contributed by atoms with Gasteiger partial charge in [-0.05, 0) is 6.42 Å². The molecule has 0 unspecified atom stereocenters. The fourth-order valence-electron chi connectivity index (χ4n) is 0.710. The fraction of sp³-hybridized carbons (Fsp3) is 0.615. The van der Waals surface area contributed by atoms with Crippen LogP contribution in [0.5, 0.6) is 0 Å². The number of hydrogen-bond acceptors (Lipinski definition) is 2. The Kier molecular flexibility index (Phi) is 13.8. The van der Waals surface area contributed by atoms with E-state index in [-0.39, 0.29) is 12.1 Å².